The first kappa shape index (κ1) is 33.5. The molecule has 2 aromatic carbocycles. The van der Waals surface area contributed by atoms with Gasteiger partial charge in [-0.15, -0.1) is 11.3 Å². The summed E-state index contributed by atoms with van der Waals surface area (Å²) in [6.07, 6.45) is 3.03. The highest BCUT2D eigenvalue weighted by Gasteiger charge is 2.46. The fourth-order valence-electron chi connectivity index (χ4n) is 5.05. The summed E-state index contributed by atoms with van der Waals surface area (Å²) in [6, 6.07) is 15.2. The van der Waals surface area contributed by atoms with Crippen LogP contribution in [0.4, 0.5) is 18.9 Å². The summed E-state index contributed by atoms with van der Waals surface area (Å²) < 4.78 is 73.3. The second-order valence-electron chi connectivity index (χ2n) is 10.4. The van der Waals surface area contributed by atoms with Gasteiger partial charge >= 0.3 is 15.5 Å². The summed E-state index contributed by atoms with van der Waals surface area (Å²) in [6.45, 7) is 6.71. The number of fused-ring (bicyclic) bond motifs is 1. The zero-order valence-corrected chi connectivity index (χ0v) is 28.3. The van der Waals surface area contributed by atoms with Gasteiger partial charge in [0.2, 0.25) is 5.91 Å². The Morgan fingerprint density at radius 2 is 1.89 bits per heavy atom. The average Bonchev–Trinajstić information content (AvgIpc) is 3.71. The number of alkyl halides is 3. The molecule has 3 aromatic heterocycles. The van der Waals surface area contributed by atoms with Crippen molar-refractivity contribution >= 4 is 65.9 Å². The molecule has 0 saturated heterocycles. The molecule has 1 amide bonds. The SMILES string of the molecule is CCNC(=O)/C(=C/c1c(C)nc(CC)n1Cc1ccc2oc(-c3ccccc3NS(=O)(=O)C(F)(F)F)c(Br)c2c1)Cc1cccs1. The molecule has 5 rings (SSSR count). The van der Waals surface area contributed by atoms with Crippen molar-refractivity contribution in [1.29, 1.82) is 0 Å². The summed E-state index contributed by atoms with van der Waals surface area (Å²) >= 11 is 5.12. The minimum Gasteiger partial charge on any atom is -0.455 e. The standard InChI is InChI=1S/C32H30BrF3N4O4S2/c1-4-28-38-19(3)26(17-21(31(41)37-5-2)16-22-9-8-14-45-22)40(28)18-20-12-13-27-24(15-20)29(33)30(44-27)23-10-6-7-11-25(23)39-46(42,43)32(34,35)36/h6-15,17,39H,4-5,16,18H2,1-3H3,(H,37,41)/b21-17+. The molecule has 46 heavy (non-hydrogen) atoms. The zero-order chi connectivity index (χ0) is 33.2. The van der Waals surface area contributed by atoms with Crippen LogP contribution < -0.4 is 10.0 Å². The molecule has 242 valence electrons. The maximum Gasteiger partial charge on any atom is 0.516 e. The number of anilines is 1. The van der Waals surface area contributed by atoms with E-state index in [4.69, 9.17) is 9.40 Å². The molecule has 2 N–H and O–H groups in total. The fourth-order valence-corrected chi connectivity index (χ4v) is 6.97. The Labute approximate surface area is 276 Å². The number of carbonyl (C=O) groups excluding carboxylic acids is 1. The van der Waals surface area contributed by atoms with Crippen molar-refractivity contribution in [3.63, 3.8) is 0 Å². The highest BCUT2D eigenvalue weighted by Crippen LogP contribution is 2.42. The van der Waals surface area contributed by atoms with E-state index in [1.165, 1.54) is 18.2 Å². The van der Waals surface area contributed by atoms with E-state index in [0.29, 0.717) is 46.9 Å². The average molecular weight is 736 g/mol. The molecule has 0 spiro atoms. The van der Waals surface area contributed by atoms with Crippen LogP contribution in [0.15, 0.2) is 74.4 Å². The van der Waals surface area contributed by atoms with Crippen molar-refractivity contribution in [2.24, 2.45) is 0 Å². The van der Waals surface area contributed by atoms with E-state index >= 15 is 0 Å². The third-order valence-corrected chi connectivity index (χ3v) is 9.99. The van der Waals surface area contributed by atoms with E-state index in [9.17, 15) is 26.4 Å². The van der Waals surface area contributed by atoms with Crippen LogP contribution >= 0.6 is 27.3 Å². The lowest BCUT2D eigenvalue weighted by Crippen LogP contribution is -2.30. The van der Waals surface area contributed by atoms with Crippen molar-refractivity contribution < 1.29 is 30.8 Å². The van der Waals surface area contributed by atoms with Crippen LogP contribution in [-0.4, -0.2) is 35.9 Å². The second-order valence-corrected chi connectivity index (χ2v) is 13.9. The lowest BCUT2D eigenvalue weighted by atomic mass is 10.1. The van der Waals surface area contributed by atoms with Crippen LogP contribution in [0.3, 0.4) is 0 Å². The normalized spacial score (nSPS) is 12.5. The quantitative estimate of drug-likeness (QED) is 0.134. The van der Waals surface area contributed by atoms with Gasteiger partial charge in [0.25, 0.3) is 0 Å². The van der Waals surface area contributed by atoms with Gasteiger partial charge in [0.1, 0.15) is 11.4 Å². The highest BCUT2D eigenvalue weighted by atomic mass is 79.9. The molecule has 0 aliphatic rings. The van der Waals surface area contributed by atoms with Crippen LogP contribution in [0.2, 0.25) is 0 Å². The van der Waals surface area contributed by atoms with E-state index in [1.54, 1.807) is 28.2 Å². The van der Waals surface area contributed by atoms with Crippen LogP contribution in [0, 0.1) is 6.92 Å². The lowest BCUT2D eigenvalue weighted by Gasteiger charge is -2.13. The topological polar surface area (TPSA) is 106 Å². The van der Waals surface area contributed by atoms with E-state index in [-0.39, 0.29) is 22.9 Å². The Morgan fingerprint density at radius 1 is 1.13 bits per heavy atom. The third-order valence-electron chi connectivity index (χ3n) is 7.22. The largest absolute Gasteiger partial charge is 0.516 e. The number of hydrogen-bond donors (Lipinski definition) is 2. The summed E-state index contributed by atoms with van der Waals surface area (Å²) in [4.78, 5) is 18.9. The van der Waals surface area contributed by atoms with E-state index in [1.807, 2.05) is 56.5 Å². The number of amides is 1. The second kappa shape index (κ2) is 13.5. The monoisotopic (exact) mass is 734 g/mol. The first-order valence-electron chi connectivity index (χ1n) is 14.3. The Kier molecular flexibility index (Phi) is 9.80. The molecule has 0 aliphatic heterocycles. The minimum absolute atomic E-state index is 0.134. The smallest absolute Gasteiger partial charge is 0.455 e. The molecule has 0 aliphatic carbocycles. The van der Waals surface area contributed by atoms with Crippen LogP contribution in [0.25, 0.3) is 28.4 Å². The number of imidazole rings is 1. The van der Waals surface area contributed by atoms with Gasteiger partial charge in [0.05, 0.1) is 21.5 Å². The molecule has 0 bridgehead atoms. The summed E-state index contributed by atoms with van der Waals surface area (Å²) in [5.41, 5.74) is -2.08. The molecule has 0 atom stereocenters. The van der Waals surface area contributed by atoms with Crippen molar-refractivity contribution in [2.75, 3.05) is 11.3 Å². The van der Waals surface area contributed by atoms with Crippen LogP contribution in [0.1, 0.15) is 41.5 Å². The lowest BCUT2D eigenvalue weighted by molar-refractivity contribution is -0.117. The van der Waals surface area contributed by atoms with Crippen molar-refractivity contribution in [1.82, 2.24) is 14.9 Å². The molecule has 0 radical (unpaired) electrons. The van der Waals surface area contributed by atoms with Gasteiger partial charge in [-0.05, 0) is 77.1 Å². The number of nitrogens with zero attached hydrogens (tertiary/aromatic N) is 2. The summed E-state index contributed by atoms with van der Waals surface area (Å²) in [7, 11) is -5.65. The van der Waals surface area contributed by atoms with Crippen molar-refractivity contribution in [3.8, 4) is 11.3 Å². The maximum absolute atomic E-state index is 13.1. The molecular formula is C32H30BrF3N4O4S2. The van der Waals surface area contributed by atoms with Crippen molar-refractivity contribution in [2.45, 2.75) is 45.7 Å². The Hall–Kier alpha value is -3.88. The predicted octanol–water partition coefficient (Wildman–Crippen LogP) is 8.06. The number of sulfonamides is 1. The Morgan fingerprint density at radius 3 is 2.57 bits per heavy atom. The summed E-state index contributed by atoms with van der Waals surface area (Å²) in [5, 5.41) is 5.54. The van der Waals surface area contributed by atoms with E-state index in [0.717, 1.165) is 27.7 Å². The van der Waals surface area contributed by atoms with Gasteiger partial charge in [0, 0.05) is 47.3 Å². The number of rotatable bonds is 11. The highest BCUT2D eigenvalue weighted by molar-refractivity contribution is 9.10. The molecule has 8 nitrogen and oxygen atoms in total. The number of benzene rings is 2. The number of likely N-dealkylation sites (N-methyl/N-ethyl adjacent to an activating group) is 1. The number of furan rings is 1. The molecule has 14 heteroatoms. The first-order valence-corrected chi connectivity index (χ1v) is 17.4. The number of thiophene rings is 1. The molecular weight excluding hydrogens is 705 g/mol. The number of nitrogens with one attached hydrogen (secondary N) is 2. The van der Waals surface area contributed by atoms with E-state index < -0.39 is 15.5 Å². The third kappa shape index (κ3) is 6.93. The first-order chi connectivity index (χ1) is 21.8. The maximum atomic E-state index is 13.1. The van der Waals surface area contributed by atoms with Crippen molar-refractivity contribution in [3.05, 3.63) is 97.7 Å². The zero-order valence-electron chi connectivity index (χ0n) is 25.0. The molecule has 0 unspecified atom stereocenters. The molecule has 5 aromatic rings. The van der Waals surface area contributed by atoms with Gasteiger partial charge in [-0.2, -0.15) is 21.6 Å². The number of carbonyl (C=O) groups is 1. The fraction of sp³-hybridized carbons (Fsp3) is 0.250. The Bertz CT molecular complexity index is 2030. The summed E-state index contributed by atoms with van der Waals surface area (Å²) in [5.74, 6) is 0.868. The number of aromatic nitrogens is 2. The number of hydrogen-bond acceptors (Lipinski definition) is 6. The van der Waals surface area contributed by atoms with Gasteiger partial charge in [0.15, 0.2) is 5.76 Å². The number of halogens is 4. The van der Waals surface area contributed by atoms with Gasteiger partial charge in [-0.3, -0.25) is 9.52 Å². The molecule has 0 fully saturated rings. The Balaban J connectivity index is 1.53. The van der Waals surface area contributed by atoms with Gasteiger partial charge < -0.3 is 14.3 Å². The van der Waals surface area contributed by atoms with Crippen LogP contribution in [0.5, 0.6) is 0 Å². The van der Waals surface area contributed by atoms with Crippen LogP contribution in [-0.2, 0) is 34.2 Å². The minimum atomic E-state index is -5.65. The van der Waals surface area contributed by atoms with E-state index in [2.05, 4.69) is 25.8 Å². The number of para-hydroxylation sites is 1. The number of aryl methyl sites for hydroxylation is 2. The molecule has 3 heterocycles. The van der Waals surface area contributed by atoms with Gasteiger partial charge in [-0.1, -0.05) is 31.2 Å². The van der Waals surface area contributed by atoms with Gasteiger partial charge in [-0.25, -0.2) is 4.98 Å². The predicted molar refractivity (Wildman–Crippen MR) is 178 cm³/mol. The molecule has 0 saturated carbocycles.